The van der Waals surface area contributed by atoms with E-state index in [-0.39, 0.29) is 29.4 Å². The van der Waals surface area contributed by atoms with Crippen molar-refractivity contribution in [1.82, 2.24) is 25.4 Å². The van der Waals surface area contributed by atoms with Gasteiger partial charge in [-0.15, -0.1) is 24.0 Å². The van der Waals surface area contributed by atoms with Gasteiger partial charge in [0, 0.05) is 26.1 Å². The summed E-state index contributed by atoms with van der Waals surface area (Å²) in [5.41, 5.74) is 0.963. The molecule has 1 heterocycles. The number of aromatic nitrogens is 3. The summed E-state index contributed by atoms with van der Waals surface area (Å²) in [7, 11) is 3.59. The van der Waals surface area contributed by atoms with Crippen molar-refractivity contribution in [2.45, 2.75) is 25.8 Å². The fraction of sp³-hybridized carbons (Fsp3) is 0.438. The maximum absolute atomic E-state index is 6.13. The average Bonchev–Trinajstić information content (AvgIpc) is 2.95. The lowest BCUT2D eigenvalue weighted by atomic mass is 9.84. The summed E-state index contributed by atoms with van der Waals surface area (Å²) < 4.78 is 1.72. The molecule has 2 rings (SSSR count). The van der Waals surface area contributed by atoms with E-state index >= 15 is 0 Å². The highest BCUT2D eigenvalue weighted by Crippen LogP contribution is 2.29. The summed E-state index contributed by atoms with van der Waals surface area (Å²) >= 11 is 12.1. The molecule has 2 N–H and O–H groups in total. The first-order valence-corrected chi connectivity index (χ1v) is 8.32. The number of nitrogens with zero attached hydrogens (tertiary/aromatic N) is 4. The van der Waals surface area contributed by atoms with E-state index in [9.17, 15) is 0 Å². The zero-order chi connectivity index (χ0) is 17.7. The Kier molecular flexibility index (Phi) is 8.43. The van der Waals surface area contributed by atoms with Crippen LogP contribution in [0.15, 0.2) is 29.5 Å². The number of hydrogen-bond donors (Lipinski definition) is 2. The maximum Gasteiger partial charge on any atom is 0.191 e. The molecule has 25 heavy (non-hydrogen) atoms. The third-order valence-corrected chi connectivity index (χ3v) is 4.58. The number of rotatable bonds is 5. The Labute approximate surface area is 175 Å². The predicted molar refractivity (Wildman–Crippen MR) is 114 cm³/mol. The van der Waals surface area contributed by atoms with Gasteiger partial charge in [-0.05, 0) is 17.7 Å². The predicted octanol–water partition coefficient (Wildman–Crippen LogP) is 3.38. The second kappa shape index (κ2) is 9.59. The van der Waals surface area contributed by atoms with Crippen LogP contribution in [0, 0.1) is 0 Å². The van der Waals surface area contributed by atoms with Gasteiger partial charge in [0.05, 0.1) is 16.6 Å². The Morgan fingerprint density at radius 2 is 1.96 bits per heavy atom. The van der Waals surface area contributed by atoms with Crippen LogP contribution in [0.3, 0.4) is 0 Å². The van der Waals surface area contributed by atoms with Crippen LogP contribution in [-0.2, 0) is 19.0 Å². The zero-order valence-corrected chi connectivity index (χ0v) is 18.5. The largest absolute Gasteiger partial charge is 0.356 e. The lowest BCUT2D eigenvalue weighted by Crippen LogP contribution is -2.43. The van der Waals surface area contributed by atoms with Crippen molar-refractivity contribution in [3.63, 3.8) is 0 Å². The molecule has 0 saturated carbocycles. The molecule has 0 radical (unpaired) electrons. The molecule has 0 aliphatic heterocycles. The zero-order valence-electron chi connectivity index (χ0n) is 14.7. The molecule has 0 aliphatic carbocycles. The number of benzene rings is 1. The minimum Gasteiger partial charge on any atom is -0.356 e. The summed E-state index contributed by atoms with van der Waals surface area (Å²) in [5.74, 6) is 1.54. The lowest BCUT2D eigenvalue weighted by molar-refractivity contribution is 0.508. The summed E-state index contributed by atoms with van der Waals surface area (Å²) in [5, 5.41) is 11.7. The van der Waals surface area contributed by atoms with Crippen molar-refractivity contribution in [2.24, 2.45) is 12.0 Å². The SMILES string of the molecule is CN=C(NCc1ncnn1C)NCC(C)(C)c1ccc(Cl)c(Cl)c1.I. The summed E-state index contributed by atoms with van der Waals surface area (Å²) in [6, 6.07) is 5.72. The van der Waals surface area contributed by atoms with Crippen molar-refractivity contribution >= 4 is 53.1 Å². The summed E-state index contributed by atoms with van der Waals surface area (Å²) in [4.78, 5) is 8.41. The van der Waals surface area contributed by atoms with Gasteiger partial charge in [0.15, 0.2) is 5.96 Å². The normalized spacial score (nSPS) is 11.8. The van der Waals surface area contributed by atoms with Gasteiger partial charge in [-0.3, -0.25) is 9.67 Å². The van der Waals surface area contributed by atoms with E-state index in [0.717, 1.165) is 11.4 Å². The quantitative estimate of drug-likeness (QED) is 0.378. The van der Waals surface area contributed by atoms with Gasteiger partial charge in [0.1, 0.15) is 12.2 Å². The van der Waals surface area contributed by atoms with Gasteiger partial charge in [-0.1, -0.05) is 43.1 Å². The molecule has 0 atom stereocenters. The molecule has 0 aliphatic rings. The smallest absolute Gasteiger partial charge is 0.191 e. The van der Waals surface area contributed by atoms with E-state index in [2.05, 4.69) is 39.6 Å². The van der Waals surface area contributed by atoms with E-state index in [4.69, 9.17) is 23.2 Å². The third kappa shape index (κ3) is 6.00. The number of hydrogen-bond acceptors (Lipinski definition) is 3. The number of aryl methyl sites for hydroxylation is 1. The van der Waals surface area contributed by atoms with Crippen LogP contribution in [0.1, 0.15) is 25.2 Å². The number of guanidine groups is 1. The molecule has 6 nitrogen and oxygen atoms in total. The summed E-state index contributed by atoms with van der Waals surface area (Å²) in [6.45, 7) is 5.50. The van der Waals surface area contributed by atoms with Gasteiger partial charge in [0.25, 0.3) is 0 Å². The fourth-order valence-corrected chi connectivity index (χ4v) is 2.49. The van der Waals surface area contributed by atoms with Crippen LogP contribution >= 0.6 is 47.2 Å². The second-order valence-electron chi connectivity index (χ2n) is 6.09. The van der Waals surface area contributed by atoms with E-state index in [1.807, 2.05) is 25.2 Å². The van der Waals surface area contributed by atoms with Gasteiger partial charge < -0.3 is 10.6 Å². The van der Waals surface area contributed by atoms with Crippen LogP contribution in [0.5, 0.6) is 0 Å². The van der Waals surface area contributed by atoms with E-state index in [0.29, 0.717) is 29.1 Å². The van der Waals surface area contributed by atoms with Crippen molar-refractivity contribution in [1.29, 1.82) is 0 Å². The molecule has 0 fully saturated rings. The lowest BCUT2D eigenvalue weighted by Gasteiger charge is -2.27. The van der Waals surface area contributed by atoms with Crippen LogP contribution in [0.2, 0.25) is 10.0 Å². The highest BCUT2D eigenvalue weighted by Gasteiger charge is 2.22. The highest BCUT2D eigenvalue weighted by molar-refractivity contribution is 14.0. The second-order valence-corrected chi connectivity index (χ2v) is 6.91. The first kappa shape index (κ1) is 22.0. The molecule has 1 aromatic carbocycles. The average molecular weight is 497 g/mol. The van der Waals surface area contributed by atoms with Crippen LogP contribution in [0.4, 0.5) is 0 Å². The Morgan fingerprint density at radius 1 is 1.24 bits per heavy atom. The van der Waals surface area contributed by atoms with E-state index in [1.165, 1.54) is 6.33 Å². The van der Waals surface area contributed by atoms with E-state index in [1.54, 1.807) is 11.7 Å². The van der Waals surface area contributed by atoms with Crippen LogP contribution < -0.4 is 10.6 Å². The topological polar surface area (TPSA) is 67.1 Å². The number of aliphatic imine (C=N–C) groups is 1. The Hall–Kier alpha value is -1.06. The molecule has 138 valence electrons. The maximum atomic E-state index is 6.13. The van der Waals surface area contributed by atoms with Gasteiger partial charge in [-0.25, -0.2) is 4.98 Å². The highest BCUT2D eigenvalue weighted by atomic mass is 127. The van der Waals surface area contributed by atoms with Gasteiger partial charge in [0.2, 0.25) is 0 Å². The van der Waals surface area contributed by atoms with Crippen LogP contribution in [0.25, 0.3) is 0 Å². The molecule has 0 bridgehead atoms. The Balaban J connectivity index is 0.00000312. The molecule has 1 aromatic heterocycles. The first-order chi connectivity index (χ1) is 11.3. The molecule has 2 aromatic rings. The van der Waals surface area contributed by atoms with Crippen molar-refractivity contribution in [3.05, 3.63) is 46.0 Å². The Bertz CT molecular complexity index is 729. The molecular weight excluding hydrogens is 474 g/mol. The number of halogens is 3. The van der Waals surface area contributed by atoms with E-state index < -0.39 is 0 Å². The minimum absolute atomic E-state index is 0. The van der Waals surface area contributed by atoms with Crippen molar-refractivity contribution in [2.75, 3.05) is 13.6 Å². The summed E-state index contributed by atoms with van der Waals surface area (Å²) in [6.07, 6.45) is 1.53. The molecular formula is C16H23Cl2IN6. The monoisotopic (exact) mass is 496 g/mol. The minimum atomic E-state index is -0.142. The standard InChI is InChI=1S/C16H22Cl2N6.HI/c1-16(2,11-5-6-12(17)13(18)7-11)9-21-15(19-3)20-8-14-22-10-23-24(14)4;/h5-7,10H,8-9H2,1-4H3,(H2,19,20,21);1H. The number of nitrogens with one attached hydrogen (secondary N) is 2. The molecule has 0 amide bonds. The molecule has 0 unspecified atom stereocenters. The van der Waals surface area contributed by atoms with Crippen molar-refractivity contribution < 1.29 is 0 Å². The first-order valence-electron chi connectivity index (χ1n) is 7.56. The van der Waals surface area contributed by atoms with Crippen molar-refractivity contribution in [3.8, 4) is 0 Å². The third-order valence-electron chi connectivity index (χ3n) is 3.84. The Morgan fingerprint density at radius 3 is 2.52 bits per heavy atom. The van der Waals surface area contributed by atoms with Crippen LogP contribution in [-0.4, -0.2) is 34.3 Å². The molecule has 9 heteroatoms. The molecule has 0 spiro atoms. The van der Waals surface area contributed by atoms with Gasteiger partial charge in [-0.2, -0.15) is 5.10 Å². The molecule has 0 saturated heterocycles. The fourth-order valence-electron chi connectivity index (χ4n) is 2.19. The van der Waals surface area contributed by atoms with Gasteiger partial charge >= 0.3 is 0 Å².